The van der Waals surface area contributed by atoms with Crippen molar-refractivity contribution in [1.29, 1.82) is 0 Å². The number of rotatable bonds is 5. The van der Waals surface area contributed by atoms with Crippen molar-refractivity contribution >= 4 is 23.2 Å². The molecule has 0 aliphatic carbocycles. The minimum atomic E-state index is -0.0798. The Labute approximate surface area is 129 Å². The maximum atomic E-state index is 12.1. The summed E-state index contributed by atoms with van der Waals surface area (Å²) < 4.78 is 0. The van der Waals surface area contributed by atoms with E-state index in [1.165, 1.54) is 12.8 Å². The fourth-order valence-electron chi connectivity index (χ4n) is 2.47. The summed E-state index contributed by atoms with van der Waals surface area (Å²) in [5, 5.41) is 5.76. The van der Waals surface area contributed by atoms with Crippen LogP contribution in [0.25, 0.3) is 0 Å². The van der Waals surface area contributed by atoms with Crippen LogP contribution < -0.4 is 5.32 Å². The van der Waals surface area contributed by atoms with Crippen LogP contribution in [0.2, 0.25) is 0 Å². The molecule has 2 amide bonds. The number of carbonyl (C=O) groups excluding carboxylic acids is 2. The van der Waals surface area contributed by atoms with Gasteiger partial charge in [0.15, 0.2) is 0 Å². The van der Waals surface area contributed by atoms with E-state index >= 15 is 0 Å². The average Bonchev–Trinajstić information content (AvgIpc) is 2.73. The highest BCUT2D eigenvalue weighted by atomic mass is 32.1. The molecular formula is C15H23N3O2S. The maximum Gasteiger partial charge on any atom is 0.223 e. The van der Waals surface area contributed by atoms with Gasteiger partial charge in [0.25, 0.3) is 0 Å². The molecule has 0 bridgehead atoms. The Morgan fingerprint density at radius 2 is 1.95 bits per heavy atom. The summed E-state index contributed by atoms with van der Waals surface area (Å²) in [4.78, 5) is 30.0. The molecule has 0 unspecified atom stereocenters. The Balaban J connectivity index is 1.66. The molecular weight excluding hydrogens is 286 g/mol. The van der Waals surface area contributed by atoms with Gasteiger partial charge in [-0.1, -0.05) is 12.8 Å². The van der Waals surface area contributed by atoms with Crippen molar-refractivity contribution < 1.29 is 9.59 Å². The van der Waals surface area contributed by atoms with E-state index in [0.717, 1.165) is 36.6 Å². The van der Waals surface area contributed by atoms with Gasteiger partial charge in [-0.25, -0.2) is 4.98 Å². The molecule has 1 fully saturated rings. The Morgan fingerprint density at radius 1 is 1.24 bits per heavy atom. The van der Waals surface area contributed by atoms with Gasteiger partial charge in [-0.05, 0) is 19.8 Å². The molecule has 0 atom stereocenters. The first kappa shape index (κ1) is 15.9. The molecule has 1 aliphatic rings. The molecule has 6 heteroatoms. The number of amides is 2. The second-order valence-electron chi connectivity index (χ2n) is 5.43. The first-order chi connectivity index (χ1) is 10.1. The van der Waals surface area contributed by atoms with Gasteiger partial charge in [0, 0.05) is 31.3 Å². The first-order valence-electron chi connectivity index (χ1n) is 7.60. The normalized spacial score (nSPS) is 15.6. The van der Waals surface area contributed by atoms with E-state index in [9.17, 15) is 9.59 Å². The SMILES string of the molecule is Cc1nc(CNC(=O)CCC(=O)N2CCCCCC2)cs1. The first-order valence-corrected chi connectivity index (χ1v) is 8.48. The molecule has 0 saturated carbocycles. The summed E-state index contributed by atoms with van der Waals surface area (Å²) >= 11 is 1.57. The molecule has 0 aromatic carbocycles. The lowest BCUT2D eigenvalue weighted by Crippen LogP contribution is -2.33. The minimum Gasteiger partial charge on any atom is -0.350 e. The van der Waals surface area contributed by atoms with Crippen molar-refractivity contribution in [3.05, 3.63) is 16.1 Å². The Morgan fingerprint density at radius 3 is 2.57 bits per heavy atom. The van der Waals surface area contributed by atoms with E-state index in [0.29, 0.717) is 13.0 Å². The van der Waals surface area contributed by atoms with Crippen LogP contribution in [0.1, 0.15) is 49.2 Å². The Kier molecular flexibility index (Phi) is 6.17. The van der Waals surface area contributed by atoms with Crippen LogP contribution in [0.15, 0.2) is 5.38 Å². The van der Waals surface area contributed by atoms with E-state index in [1.807, 2.05) is 17.2 Å². The Hall–Kier alpha value is -1.43. The minimum absolute atomic E-state index is 0.0798. The molecule has 2 rings (SSSR count). The molecule has 0 radical (unpaired) electrons. The zero-order valence-electron chi connectivity index (χ0n) is 12.6. The van der Waals surface area contributed by atoms with Gasteiger partial charge < -0.3 is 10.2 Å². The van der Waals surface area contributed by atoms with Crippen molar-refractivity contribution in [2.75, 3.05) is 13.1 Å². The highest BCUT2D eigenvalue weighted by Gasteiger charge is 2.16. The number of nitrogens with one attached hydrogen (secondary N) is 1. The third kappa shape index (κ3) is 5.46. The molecule has 1 N–H and O–H groups in total. The topological polar surface area (TPSA) is 62.3 Å². The van der Waals surface area contributed by atoms with E-state index < -0.39 is 0 Å². The summed E-state index contributed by atoms with van der Waals surface area (Å²) in [6.07, 6.45) is 5.15. The lowest BCUT2D eigenvalue weighted by molar-refractivity contribution is -0.133. The smallest absolute Gasteiger partial charge is 0.223 e. The van der Waals surface area contributed by atoms with Crippen LogP contribution in [-0.4, -0.2) is 34.8 Å². The van der Waals surface area contributed by atoms with E-state index in [1.54, 1.807) is 11.3 Å². The molecule has 2 heterocycles. The van der Waals surface area contributed by atoms with Gasteiger partial charge in [0.2, 0.25) is 11.8 Å². The third-order valence-electron chi connectivity index (χ3n) is 3.66. The highest BCUT2D eigenvalue weighted by Crippen LogP contribution is 2.11. The van der Waals surface area contributed by atoms with E-state index in [2.05, 4.69) is 10.3 Å². The second kappa shape index (κ2) is 8.12. The molecule has 116 valence electrons. The van der Waals surface area contributed by atoms with Gasteiger partial charge in [-0.3, -0.25) is 9.59 Å². The zero-order chi connectivity index (χ0) is 15.1. The highest BCUT2D eigenvalue weighted by molar-refractivity contribution is 7.09. The summed E-state index contributed by atoms with van der Waals surface area (Å²) in [5.74, 6) is 0.0281. The predicted octanol–water partition coefficient (Wildman–Crippen LogP) is 2.25. The number of likely N-dealkylation sites (tertiary alicyclic amines) is 1. The van der Waals surface area contributed by atoms with Gasteiger partial charge in [0.05, 0.1) is 17.2 Å². The lowest BCUT2D eigenvalue weighted by atomic mass is 10.2. The van der Waals surface area contributed by atoms with E-state index in [-0.39, 0.29) is 18.2 Å². The van der Waals surface area contributed by atoms with Crippen molar-refractivity contribution in [2.45, 2.75) is 52.0 Å². The largest absolute Gasteiger partial charge is 0.350 e. The number of carbonyl (C=O) groups is 2. The molecule has 1 saturated heterocycles. The lowest BCUT2D eigenvalue weighted by Gasteiger charge is -2.20. The average molecular weight is 309 g/mol. The van der Waals surface area contributed by atoms with Gasteiger partial charge in [-0.15, -0.1) is 11.3 Å². The van der Waals surface area contributed by atoms with Gasteiger partial charge in [0.1, 0.15) is 0 Å². The zero-order valence-corrected chi connectivity index (χ0v) is 13.4. The monoisotopic (exact) mass is 309 g/mol. The molecule has 1 aromatic heterocycles. The van der Waals surface area contributed by atoms with Gasteiger partial charge in [-0.2, -0.15) is 0 Å². The van der Waals surface area contributed by atoms with Crippen molar-refractivity contribution in [2.24, 2.45) is 0 Å². The van der Waals surface area contributed by atoms with Crippen LogP contribution in [0.5, 0.6) is 0 Å². The summed E-state index contributed by atoms with van der Waals surface area (Å²) in [5.41, 5.74) is 0.879. The summed E-state index contributed by atoms with van der Waals surface area (Å²) in [7, 11) is 0. The molecule has 5 nitrogen and oxygen atoms in total. The fourth-order valence-corrected chi connectivity index (χ4v) is 3.08. The van der Waals surface area contributed by atoms with Crippen LogP contribution in [-0.2, 0) is 16.1 Å². The predicted molar refractivity (Wildman–Crippen MR) is 83.0 cm³/mol. The van der Waals surface area contributed by atoms with Crippen molar-refractivity contribution in [1.82, 2.24) is 15.2 Å². The number of hydrogen-bond acceptors (Lipinski definition) is 4. The molecule has 1 aromatic rings. The number of aryl methyl sites for hydroxylation is 1. The van der Waals surface area contributed by atoms with Crippen molar-refractivity contribution in [3.63, 3.8) is 0 Å². The molecule has 0 spiro atoms. The van der Waals surface area contributed by atoms with Crippen LogP contribution in [0, 0.1) is 6.92 Å². The summed E-state index contributed by atoms with van der Waals surface area (Å²) in [6, 6.07) is 0. The van der Waals surface area contributed by atoms with Crippen LogP contribution >= 0.6 is 11.3 Å². The molecule has 21 heavy (non-hydrogen) atoms. The molecule has 1 aliphatic heterocycles. The van der Waals surface area contributed by atoms with Gasteiger partial charge >= 0.3 is 0 Å². The fraction of sp³-hybridized carbons (Fsp3) is 0.667. The van der Waals surface area contributed by atoms with Crippen LogP contribution in [0.3, 0.4) is 0 Å². The third-order valence-corrected chi connectivity index (χ3v) is 4.48. The van der Waals surface area contributed by atoms with Crippen molar-refractivity contribution in [3.8, 4) is 0 Å². The van der Waals surface area contributed by atoms with E-state index in [4.69, 9.17) is 0 Å². The Bertz CT molecular complexity index is 479. The number of nitrogens with zero attached hydrogens (tertiary/aromatic N) is 2. The summed E-state index contributed by atoms with van der Waals surface area (Å²) in [6.45, 7) is 4.08. The second-order valence-corrected chi connectivity index (χ2v) is 6.49. The van der Waals surface area contributed by atoms with Crippen LogP contribution in [0.4, 0.5) is 0 Å². The standard InChI is InChI=1S/C15H23N3O2S/c1-12-17-13(11-21-12)10-16-14(19)6-7-15(20)18-8-4-2-3-5-9-18/h11H,2-10H2,1H3,(H,16,19). The number of hydrogen-bond donors (Lipinski definition) is 1. The number of aromatic nitrogens is 1. The maximum absolute atomic E-state index is 12.1. The quantitative estimate of drug-likeness (QED) is 0.907. The number of thiazole rings is 1.